The summed E-state index contributed by atoms with van der Waals surface area (Å²) < 4.78 is 0. The van der Waals surface area contributed by atoms with Gasteiger partial charge in [-0.05, 0) is 38.8 Å². The maximum Gasteiger partial charge on any atom is 0.0439 e. The molecule has 2 aliphatic rings. The number of rotatable bonds is 0. The van der Waals surface area contributed by atoms with Crippen molar-refractivity contribution in [1.29, 1.82) is 0 Å². The van der Waals surface area contributed by atoms with Crippen molar-refractivity contribution in [1.82, 2.24) is 9.80 Å². The molecule has 0 radical (unpaired) electrons. The average Bonchev–Trinajstić information content (AvgIpc) is 2.46. The maximum atomic E-state index is 2.20. The second-order valence-corrected chi connectivity index (χ2v) is 6.15. The average molecular weight is 297 g/mol. The van der Waals surface area contributed by atoms with Gasteiger partial charge in [0.15, 0.2) is 0 Å². The number of benzene rings is 1. The van der Waals surface area contributed by atoms with Crippen LogP contribution in [0.1, 0.15) is 26.3 Å². The third-order valence-electron chi connectivity index (χ3n) is 4.13. The van der Waals surface area contributed by atoms with E-state index in [-0.39, 0.29) is 0 Å². The molecular weight excluding hydrogens is 270 g/mol. The van der Waals surface area contributed by atoms with Gasteiger partial charge in [0.25, 0.3) is 0 Å². The fraction of sp³-hybridized carbons (Fsp3) is 0.368. The Morgan fingerprint density at radius 3 is 1.86 bits per heavy atom. The summed E-state index contributed by atoms with van der Waals surface area (Å²) in [6, 6.07) is 8.55. The molecule has 0 saturated carbocycles. The number of para-hydroxylation sites is 1. The van der Waals surface area contributed by atoms with Crippen LogP contribution in [0.3, 0.4) is 0 Å². The minimum Gasteiger partial charge on any atom is -0.352 e. The van der Waals surface area contributed by atoms with Gasteiger partial charge < -0.3 is 14.7 Å². The Balaban J connectivity index is 0.000000164. The molecule has 0 unspecified atom stereocenters. The lowest BCUT2D eigenvalue weighted by Gasteiger charge is -2.27. The Morgan fingerprint density at radius 1 is 0.727 bits per heavy atom. The summed E-state index contributed by atoms with van der Waals surface area (Å²) in [5, 5.41) is 0. The Kier molecular flexibility index (Phi) is 4.96. The zero-order valence-electron chi connectivity index (χ0n) is 14.6. The van der Waals surface area contributed by atoms with E-state index in [2.05, 4.69) is 99.5 Å². The fourth-order valence-electron chi connectivity index (χ4n) is 2.70. The smallest absolute Gasteiger partial charge is 0.0439 e. The highest BCUT2D eigenvalue weighted by molar-refractivity contribution is 5.59. The Morgan fingerprint density at radius 2 is 1.27 bits per heavy atom. The molecular formula is C19H27N3. The molecule has 22 heavy (non-hydrogen) atoms. The van der Waals surface area contributed by atoms with E-state index in [1.165, 1.54) is 28.2 Å². The van der Waals surface area contributed by atoms with Crippen molar-refractivity contribution in [2.75, 3.05) is 26.0 Å². The van der Waals surface area contributed by atoms with Crippen LogP contribution in [-0.2, 0) is 6.42 Å². The van der Waals surface area contributed by atoms with Gasteiger partial charge in [-0.15, -0.1) is 0 Å². The number of hydrogen-bond acceptors (Lipinski definition) is 3. The summed E-state index contributed by atoms with van der Waals surface area (Å²) in [6.07, 6.45) is 7.54. The molecule has 0 aliphatic carbocycles. The first-order valence-electron chi connectivity index (χ1n) is 7.69. The van der Waals surface area contributed by atoms with E-state index < -0.39 is 0 Å². The van der Waals surface area contributed by atoms with Gasteiger partial charge in [-0.2, -0.15) is 0 Å². The highest BCUT2D eigenvalue weighted by Crippen LogP contribution is 2.26. The third-order valence-corrected chi connectivity index (χ3v) is 4.13. The summed E-state index contributed by atoms with van der Waals surface area (Å²) in [7, 11) is 6.21. The first-order valence-corrected chi connectivity index (χ1v) is 7.69. The number of allylic oxidation sites excluding steroid dienone is 3. The summed E-state index contributed by atoms with van der Waals surface area (Å²) in [5.41, 5.74) is 6.74. The first kappa shape index (κ1) is 16.2. The van der Waals surface area contributed by atoms with Crippen LogP contribution in [0.2, 0.25) is 0 Å². The zero-order valence-corrected chi connectivity index (χ0v) is 14.6. The zero-order chi connectivity index (χ0) is 16.3. The lowest BCUT2D eigenvalue weighted by atomic mass is 10.0. The molecule has 0 aromatic heterocycles. The van der Waals surface area contributed by atoms with Gasteiger partial charge in [-0.1, -0.05) is 23.8 Å². The molecule has 0 fully saturated rings. The molecule has 118 valence electrons. The number of fused-ring (bicyclic) bond motifs is 1. The summed E-state index contributed by atoms with van der Waals surface area (Å²) in [4.78, 5) is 6.43. The van der Waals surface area contributed by atoms with E-state index in [1.807, 2.05) is 0 Å². The van der Waals surface area contributed by atoms with Crippen molar-refractivity contribution in [3.63, 3.8) is 0 Å². The standard InChI is InChI=1S/C11H13N.C8H14N2/c1-9-7-10-5-3-4-6-11(10)12(2)8-9;1-7-5-10(4)8(2)6-9(7)3/h3-6,8H,7H2,1-2H3;5-6H,1-4H3. The Labute approximate surface area is 134 Å². The van der Waals surface area contributed by atoms with E-state index >= 15 is 0 Å². The van der Waals surface area contributed by atoms with Crippen molar-refractivity contribution in [2.24, 2.45) is 0 Å². The second kappa shape index (κ2) is 6.73. The van der Waals surface area contributed by atoms with Crippen LogP contribution in [0.5, 0.6) is 0 Å². The number of anilines is 1. The van der Waals surface area contributed by atoms with Crippen LogP contribution >= 0.6 is 0 Å². The van der Waals surface area contributed by atoms with E-state index in [4.69, 9.17) is 0 Å². The van der Waals surface area contributed by atoms with Gasteiger partial charge in [0.1, 0.15) is 0 Å². The molecule has 0 N–H and O–H groups in total. The van der Waals surface area contributed by atoms with Gasteiger partial charge >= 0.3 is 0 Å². The first-order chi connectivity index (χ1) is 10.4. The minimum absolute atomic E-state index is 1.10. The molecule has 2 heterocycles. The van der Waals surface area contributed by atoms with E-state index in [0.29, 0.717) is 0 Å². The molecule has 3 rings (SSSR count). The largest absolute Gasteiger partial charge is 0.352 e. The predicted molar refractivity (Wildman–Crippen MR) is 95.3 cm³/mol. The van der Waals surface area contributed by atoms with Crippen LogP contribution in [0.25, 0.3) is 0 Å². The van der Waals surface area contributed by atoms with Crippen molar-refractivity contribution in [2.45, 2.75) is 27.2 Å². The Bertz CT molecular complexity index is 603. The van der Waals surface area contributed by atoms with E-state index in [9.17, 15) is 0 Å². The quantitative estimate of drug-likeness (QED) is 0.711. The van der Waals surface area contributed by atoms with Gasteiger partial charge in [-0.25, -0.2) is 0 Å². The van der Waals surface area contributed by atoms with Crippen LogP contribution in [0, 0.1) is 0 Å². The normalized spacial score (nSPS) is 17.0. The second-order valence-electron chi connectivity index (χ2n) is 6.15. The van der Waals surface area contributed by atoms with Gasteiger partial charge in [-0.3, -0.25) is 0 Å². The molecule has 1 aromatic carbocycles. The van der Waals surface area contributed by atoms with Gasteiger partial charge in [0.05, 0.1) is 0 Å². The highest BCUT2D eigenvalue weighted by Gasteiger charge is 2.10. The summed E-state index contributed by atoms with van der Waals surface area (Å²) >= 11 is 0. The lowest BCUT2D eigenvalue weighted by molar-refractivity contribution is 0.451. The molecule has 0 saturated heterocycles. The molecule has 0 amide bonds. The van der Waals surface area contributed by atoms with Crippen molar-refractivity contribution in [3.8, 4) is 0 Å². The molecule has 0 bridgehead atoms. The third kappa shape index (κ3) is 3.73. The van der Waals surface area contributed by atoms with Crippen LogP contribution in [-0.4, -0.2) is 30.9 Å². The topological polar surface area (TPSA) is 9.72 Å². The number of hydrogen-bond donors (Lipinski definition) is 0. The van der Waals surface area contributed by atoms with E-state index in [0.717, 1.165) is 6.42 Å². The van der Waals surface area contributed by atoms with Gasteiger partial charge in [0, 0.05) is 56.8 Å². The number of nitrogens with zero attached hydrogens (tertiary/aromatic N) is 3. The van der Waals surface area contributed by atoms with Crippen LogP contribution in [0.4, 0.5) is 5.69 Å². The van der Waals surface area contributed by atoms with Crippen LogP contribution < -0.4 is 4.90 Å². The molecule has 0 spiro atoms. The van der Waals surface area contributed by atoms with E-state index in [1.54, 1.807) is 0 Å². The highest BCUT2D eigenvalue weighted by atomic mass is 15.2. The summed E-state index contributed by atoms with van der Waals surface area (Å²) in [6.45, 7) is 6.37. The molecule has 0 atom stereocenters. The molecule has 3 nitrogen and oxygen atoms in total. The van der Waals surface area contributed by atoms with Crippen molar-refractivity contribution < 1.29 is 0 Å². The fourth-order valence-corrected chi connectivity index (χ4v) is 2.70. The lowest BCUT2D eigenvalue weighted by Crippen LogP contribution is -2.21. The van der Waals surface area contributed by atoms with Crippen molar-refractivity contribution >= 4 is 5.69 Å². The minimum atomic E-state index is 1.10. The maximum absolute atomic E-state index is 2.20. The SMILES string of the molecule is CC1=CN(C)C(C)=CN1C.CC1=CN(C)c2ccccc2C1. The monoisotopic (exact) mass is 297 g/mol. The Hall–Kier alpha value is -2.16. The van der Waals surface area contributed by atoms with Crippen molar-refractivity contribution in [3.05, 3.63) is 65.4 Å². The molecule has 3 heteroatoms. The van der Waals surface area contributed by atoms with Crippen LogP contribution in [0.15, 0.2) is 59.8 Å². The molecule has 1 aromatic rings. The van der Waals surface area contributed by atoms with Gasteiger partial charge in [0.2, 0.25) is 0 Å². The predicted octanol–water partition coefficient (Wildman–Crippen LogP) is 4.17. The summed E-state index contributed by atoms with van der Waals surface area (Å²) in [5.74, 6) is 0. The molecule has 2 aliphatic heterocycles.